The fraction of sp³-hybridized carbons (Fsp3) is 0.133. The van der Waals surface area contributed by atoms with E-state index in [1.165, 1.54) is 5.22 Å². The molecule has 3 rings (SSSR count). The molecule has 0 heterocycles. The number of carbonyl (C=O) groups excluding carboxylic acids is 1. The van der Waals surface area contributed by atoms with Gasteiger partial charge in [-0.15, -0.1) is 0 Å². The van der Waals surface area contributed by atoms with Crippen LogP contribution in [0.4, 0.5) is 0 Å². The van der Waals surface area contributed by atoms with Gasteiger partial charge in [0.15, 0.2) is 0 Å². The number of carbonyl (C=O) groups is 1. The van der Waals surface area contributed by atoms with Crippen molar-refractivity contribution in [2.45, 2.75) is 6.92 Å². The van der Waals surface area contributed by atoms with Crippen LogP contribution >= 0.6 is 0 Å². The zero-order valence-electron chi connectivity index (χ0n) is 9.57. The van der Waals surface area contributed by atoms with E-state index in [1.54, 1.807) is 0 Å². The summed E-state index contributed by atoms with van der Waals surface area (Å²) in [4.78, 5) is 11.8. The van der Waals surface area contributed by atoms with Crippen LogP contribution < -0.4 is 10.4 Å². The first-order chi connectivity index (χ1) is 8.31. The quantitative estimate of drug-likeness (QED) is 0.702. The van der Waals surface area contributed by atoms with Gasteiger partial charge in [0.2, 0.25) is 0 Å². The maximum atomic E-state index is 11.8. The Labute approximate surface area is 99.2 Å². The molecule has 0 aromatic heterocycles. The van der Waals surface area contributed by atoms with E-state index < -0.39 is 0 Å². The first-order valence-electron chi connectivity index (χ1n) is 5.72. The van der Waals surface area contributed by atoms with Gasteiger partial charge < -0.3 is 4.74 Å². The number of hydrogen-bond donors (Lipinski definition) is 0. The van der Waals surface area contributed by atoms with Crippen LogP contribution in [0.25, 0.3) is 11.6 Å². The second-order valence-electron chi connectivity index (χ2n) is 4.03. The first kappa shape index (κ1) is 10.1. The predicted octanol–water partition coefficient (Wildman–Crippen LogP) is 1.06. The molecular weight excluding hydrogens is 212 g/mol. The summed E-state index contributed by atoms with van der Waals surface area (Å²) in [5, 5.41) is 2.29. The summed E-state index contributed by atoms with van der Waals surface area (Å²) >= 11 is 0. The Balaban J connectivity index is 2.17. The number of esters is 1. The first-order valence-corrected chi connectivity index (χ1v) is 5.72. The second-order valence-corrected chi connectivity index (χ2v) is 4.03. The van der Waals surface area contributed by atoms with E-state index in [2.05, 4.69) is 12.1 Å². The Kier molecular flexibility index (Phi) is 2.22. The van der Waals surface area contributed by atoms with Crippen LogP contribution in [-0.2, 0) is 9.53 Å². The van der Waals surface area contributed by atoms with E-state index in [0.29, 0.717) is 12.2 Å². The fourth-order valence-corrected chi connectivity index (χ4v) is 2.31. The Morgan fingerprint density at radius 3 is 2.88 bits per heavy atom. The lowest BCUT2D eigenvalue weighted by atomic mass is 10.0. The molecule has 17 heavy (non-hydrogen) atoms. The van der Waals surface area contributed by atoms with Crippen molar-refractivity contribution < 1.29 is 9.53 Å². The molecule has 84 valence electrons. The molecule has 0 fully saturated rings. The molecule has 0 amide bonds. The van der Waals surface area contributed by atoms with Crippen molar-refractivity contribution in [3.8, 4) is 0 Å². The number of ether oxygens (including phenoxy) is 1. The topological polar surface area (TPSA) is 26.3 Å². The van der Waals surface area contributed by atoms with Crippen molar-refractivity contribution in [3.63, 3.8) is 0 Å². The molecule has 0 aliphatic heterocycles. The summed E-state index contributed by atoms with van der Waals surface area (Å²) in [5.41, 5.74) is 2.79. The minimum Gasteiger partial charge on any atom is -0.462 e. The van der Waals surface area contributed by atoms with Crippen LogP contribution in [0.5, 0.6) is 0 Å². The largest absolute Gasteiger partial charge is 0.462 e. The third kappa shape index (κ3) is 1.45. The lowest BCUT2D eigenvalue weighted by Crippen LogP contribution is -2.23. The van der Waals surface area contributed by atoms with Crippen LogP contribution in [0.2, 0.25) is 0 Å². The van der Waals surface area contributed by atoms with Crippen LogP contribution in [0.1, 0.15) is 6.92 Å². The zero-order chi connectivity index (χ0) is 11.8. The monoisotopic (exact) mass is 224 g/mol. The summed E-state index contributed by atoms with van der Waals surface area (Å²) in [6.07, 6.45) is 5.92. The van der Waals surface area contributed by atoms with E-state index in [0.717, 1.165) is 16.4 Å². The molecule has 1 aromatic rings. The third-order valence-electron chi connectivity index (χ3n) is 3.02. The van der Waals surface area contributed by atoms with Crippen LogP contribution in [0.15, 0.2) is 47.6 Å². The molecule has 1 aromatic carbocycles. The molecule has 0 radical (unpaired) electrons. The third-order valence-corrected chi connectivity index (χ3v) is 3.02. The number of hydrogen-bond acceptors (Lipinski definition) is 2. The van der Waals surface area contributed by atoms with Gasteiger partial charge in [-0.25, -0.2) is 4.79 Å². The Morgan fingerprint density at radius 2 is 2.06 bits per heavy atom. The van der Waals surface area contributed by atoms with E-state index in [-0.39, 0.29) is 5.97 Å². The van der Waals surface area contributed by atoms with Crippen molar-refractivity contribution in [1.29, 1.82) is 0 Å². The molecule has 0 N–H and O–H groups in total. The van der Waals surface area contributed by atoms with E-state index in [1.807, 2.05) is 37.3 Å². The van der Waals surface area contributed by atoms with Gasteiger partial charge in [0.25, 0.3) is 0 Å². The maximum absolute atomic E-state index is 11.8. The molecular formula is C15H12O2. The highest BCUT2D eigenvalue weighted by Crippen LogP contribution is 2.29. The van der Waals surface area contributed by atoms with Crippen molar-refractivity contribution in [3.05, 3.63) is 58.0 Å². The van der Waals surface area contributed by atoms with Gasteiger partial charge in [-0.2, -0.15) is 0 Å². The summed E-state index contributed by atoms with van der Waals surface area (Å²) in [5.74, 6) is -0.237. The minimum absolute atomic E-state index is 0.237. The van der Waals surface area contributed by atoms with Crippen LogP contribution in [0.3, 0.4) is 0 Å². The molecule has 2 nitrogen and oxygen atoms in total. The number of benzene rings is 1. The highest BCUT2D eigenvalue weighted by atomic mass is 16.5. The van der Waals surface area contributed by atoms with Gasteiger partial charge in [0.1, 0.15) is 0 Å². The SMILES string of the molecule is CCOC(=O)C1=CC=C2C=c3ccccc3=C21. The van der Waals surface area contributed by atoms with E-state index >= 15 is 0 Å². The molecule has 0 saturated carbocycles. The van der Waals surface area contributed by atoms with Gasteiger partial charge in [0, 0.05) is 5.57 Å². The minimum atomic E-state index is -0.237. The maximum Gasteiger partial charge on any atom is 0.338 e. The number of fused-ring (bicyclic) bond motifs is 2. The Hall–Kier alpha value is -2.09. The molecule has 0 saturated heterocycles. The Bertz CT molecular complexity index is 675. The number of allylic oxidation sites excluding steroid dienone is 3. The summed E-state index contributed by atoms with van der Waals surface area (Å²) < 4.78 is 5.07. The van der Waals surface area contributed by atoms with E-state index in [4.69, 9.17) is 4.74 Å². The van der Waals surface area contributed by atoms with Crippen molar-refractivity contribution in [2.75, 3.05) is 6.61 Å². The summed E-state index contributed by atoms with van der Waals surface area (Å²) in [6.45, 7) is 2.23. The highest BCUT2D eigenvalue weighted by molar-refractivity contribution is 6.12. The average Bonchev–Trinajstić information content (AvgIpc) is 2.87. The van der Waals surface area contributed by atoms with Crippen LogP contribution in [-0.4, -0.2) is 12.6 Å². The van der Waals surface area contributed by atoms with Gasteiger partial charge in [-0.05, 0) is 35.1 Å². The molecule has 0 atom stereocenters. The fourth-order valence-electron chi connectivity index (χ4n) is 2.31. The smallest absolute Gasteiger partial charge is 0.338 e. The molecule has 2 heteroatoms. The molecule has 2 aliphatic carbocycles. The van der Waals surface area contributed by atoms with Gasteiger partial charge >= 0.3 is 5.97 Å². The lowest BCUT2D eigenvalue weighted by molar-refractivity contribution is -0.137. The lowest BCUT2D eigenvalue weighted by Gasteiger charge is -2.05. The average molecular weight is 224 g/mol. The molecule has 0 spiro atoms. The molecule has 2 aliphatic rings. The molecule has 0 unspecified atom stereocenters. The summed E-state index contributed by atoms with van der Waals surface area (Å²) in [6, 6.07) is 8.10. The Morgan fingerprint density at radius 1 is 1.24 bits per heavy atom. The number of rotatable bonds is 2. The standard InChI is InChI=1S/C15H12O2/c1-2-17-15(16)13-8-7-11-9-10-5-3-4-6-12(10)14(11)13/h3-9H,2H2,1H3. The second kappa shape index (κ2) is 3.74. The van der Waals surface area contributed by atoms with E-state index in [9.17, 15) is 4.79 Å². The van der Waals surface area contributed by atoms with Gasteiger partial charge in [0.05, 0.1) is 12.2 Å². The van der Waals surface area contributed by atoms with Crippen molar-refractivity contribution in [1.82, 2.24) is 0 Å². The van der Waals surface area contributed by atoms with Gasteiger partial charge in [-0.3, -0.25) is 0 Å². The zero-order valence-corrected chi connectivity index (χ0v) is 9.57. The van der Waals surface area contributed by atoms with Crippen molar-refractivity contribution >= 4 is 17.6 Å². The van der Waals surface area contributed by atoms with Gasteiger partial charge in [-0.1, -0.05) is 30.3 Å². The highest BCUT2D eigenvalue weighted by Gasteiger charge is 2.24. The molecule has 0 bridgehead atoms. The normalized spacial score (nSPS) is 15.7. The van der Waals surface area contributed by atoms with Crippen LogP contribution in [0, 0.1) is 0 Å². The summed E-state index contributed by atoms with van der Waals surface area (Å²) in [7, 11) is 0. The predicted molar refractivity (Wildman–Crippen MR) is 66.4 cm³/mol. The van der Waals surface area contributed by atoms with Crippen molar-refractivity contribution in [2.24, 2.45) is 0 Å².